The lowest BCUT2D eigenvalue weighted by Crippen LogP contribution is -2.42. The van der Waals surface area contributed by atoms with Crippen molar-refractivity contribution in [3.63, 3.8) is 0 Å². The minimum Gasteiger partial charge on any atom is -0.497 e. The van der Waals surface area contributed by atoms with E-state index in [-0.39, 0.29) is 11.9 Å². The lowest BCUT2D eigenvalue weighted by Gasteiger charge is -2.34. The van der Waals surface area contributed by atoms with Crippen LogP contribution in [0.1, 0.15) is 24.1 Å². The lowest BCUT2D eigenvalue weighted by molar-refractivity contribution is 0.0179. The molecule has 2 aromatic carbocycles. The first-order chi connectivity index (χ1) is 15.2. The van der Waals surface area contributed by atoms with Gasteiger partial charge in [-0.3, -0.25) is 9.89 Å². The molecule has 6 nitrogen and oxygen atoms in total. The number of benzene rings is 2. The van der Waals surface area contributed by atoms with Crippen LogP contribution in [0.3, 0.4) is 0 Å². The Morgan fingerprint density at radius 3 is 2.55 bits per heavy atom. The zero-order valence-corrected chi connectivity index (χ0v) is 18.4. The number of hydrogen-bond acceptors (Lipinski definition) is 4. The largest absolute Gasteiger partial charge is 0.497 e. The third-order valence-corrected chi connectivity index (χ3v) is 5.40. The van der Waals surface area contributed by atoms with Crippen LogP contribution in [-0.4, -0.2) is 63.9 Å². The molecule has 0 radical (unpaired) electrons. The maximum absolute atomic E-state index is 13.9. The second kappa shape index (κ2) is 12.3. The second-order valence-corrected chi connectivity index (χ2v) is 7.43. The Morgan fingerprint density at radius 2 is 1.87 bits per heavy atom. The van der Waals surface area contributed by atoms with Crippen molar-refractivity contribution in [3.8, 4) is 5.75 Å². The molecule has 1 heterocycles. The molecule has 0 amide bonds. The van der Waals surface area contributed by atoms with Crippen LogP contribution in [0.4, 0.5) is 4.39 Å². The highest BCUT2D eigenvalue weighted by molar-refractivity contribution is 5.79. The first kappa shape index (κ1) is 23.0. The number of morpholine rings is 1. The zero-order chi connectivity index (χ0) is 21.9. The molecule has 0 saturated carbocycles. The van der Waals surface area contributed by atoms with Gasteiger partial charge >= 0.3 is 0 Å². The maximum Gasteiger partial charge on any atom is 0.191 e. The van der Waals surface area contributed by atoms with Gasteiger partial charge < -0.3 is 20.1 Å². The van der Waals surface area contributed by atoms with Crippen molar-refractivity contribution < 1.29 is 13.9 Å². The summed E-state index contributed by atoms with van der Waals surface area (Å²) in [5, 5.41) is 6.63. The predicted molar refractivity (Wildman–Crippen MR) is 122 cm³/mol. The van der Waals surface area contributed by atoms with E-state index in [2.05, 4.69) is 27.7 Å². The summed E-state index contributed by atoms with van der Waals surface area (Å²) in [6.07, 6.45) is 0.600. The minimum absolute atomic E-state index is 0.150. The van der Waals surface area contributed by atoms with Crippen LogP contribution < -0.4 is 15.4 Å². The van der Waals surface area contributed by atoms with E-state index < -0.39 is 0 Å². The molecule has 31 heavy (non-hydrogen) atoms. The van der Waals surface area contributed by atoms with Gasteiger partial charge in [0.2, 0.25) is 0 Å². The zero-order valence-electron chi connectivity index (χ0n) is 18.4. The van der Waals surface area contributed by atoms with Gasteiger partial charge in [0.15, 0.2) is 5.96 Å². The average Bonchev–Trinajstić information content (AvgIpc) is 2.81. The smallest absolute Gasteiger partial charge is 0.191 e. The summed E-state index contributed by atoms with van der Waals surface area (Å²) in [7, 11) is 1.68. The van der Waals surface area contributed by atoms with E-state index in [1.165, 1.54) is 11.6 Å². The number of halogens is 1. The Kier molecular flexibility index (Phi) is 9.12. The van der Waals surface area contributed by atoms with E-state index in [0.717, 1.165) is 44.6 Å². The van der Waals surface area contributed by atoms with Gasteiger partial charge in [-0.25, -0.2) is 4.39 Å². The molecular formula is C24H33FN4O2. The third kappa shape index (κ3) is 6.94. The average molecular weight is 429 g/mol. The third-order valence-electron chi connectivity index (χ3n) is 5.40. The van der Waals surface area contributed by atoms with E-state index in [1.54, 1.807) is 13.2 Å². The monoisotopic (exact) mass is 428 g/mol. The molecule has 1 unspecified atom stereocenters. The normalized spacial score (nSPS) is 16.0. The molecule has 2 aromatic rings. The van der Waals surface area contributed by atoms with Crippen LogP contribution in [0.15, 0.2) is 53.5 Å². The van der Waals surface area contributed by atoms with Crippen LogP contribution in [0.5, 0.6) is 5.75 Å². The van der Waals surface area contributed by atoms with Crippen molar-refractivity contribution >= 4 is 5.96 Å². The van der Waals surface area contributed by atoms with E-state index in [9.17, 15) is 4.39 Å². The van der Waals surface area contributed by atoms with Gasteiger partial charge in [-0.2, -0.15) is 0 Å². The highest BCUT2D eigenvalue weighted by Gasteiger charge is 2.22. The number of guanidine groups is 1. The van der Waals surface area contributed by atoms with E-state index in [1.807, 2.05) is 31.2 Å². The SMILES string of the molecule is CCNC(=NCC(c1ccc(OC)cc1)N1CCOCC1)NCCc1ccccc1F. The van der Waals surface area contributed by atoms with Gasteiger partial charge in [-0.15, -0.1) is 0 Å². The maximum atomic E-state index is 13.9. The number of rotatable bonds is 9. The summed E-state index contributed by atoms with van der Waals surface area (Å²) in [5.41, 5.74) is 1.91. The summed E-state index contributed by atoms with van der Waals surface area (Å²) in [6, 6.07) is 15.2. The van der Waals surface area contributed by atoms with Crippen molar-refractivity contribution in [1.82, 2.24) is 15.5 Å². The highest BCUT2D eigenvalue weighted by atomic mass is 19.1. The number of aliphatic imine (C=N–C) groups is 1. The predicted octanol–water partition coefficient (Wildman–Crippen LogP) is 3.01. The Hall–Kier alpha value is -2.64. The van der Waals surface area contributed by atoms with Crippen LogP contribution in [0, 0.1) is 5.82 Å². The standard InChI is InChI=1S/C24H33FN4O2/c1-3-26-24(27-13-12-19-6-4-5-7-22(19)25)28-18-23(29-14-16-31-17-15-29)20-8-10-21(30-2)11-9-20/h4-11,23H,3,12-18H2,1-2H3,(H2,26,27,28). The number of nitrogens with zero attached hydrogens (tertiary/aromatic N) is 2. The van der Waals surface area contributed by atoms with Gasteiger partial charge in [0.05, 0.1) is 32.9 Å². The molecule has 1 saturated heterocycles. The van der Waals surface area contributed by atoms with E-state index >= 15 is 0 Å². The number of methoxy groups -OCH3 is 1. The summed E-state index contributed by atoms with van der Waals surface area (Å²) in [4.78, 5) is 7.26. The summed E-state index contributed by atoms with van der Waals surface area (Å²) >= 11 is 0. The first-order valence-corrected chi connectivity index (χ1v) is 10.9. The van der Waals surface area contributed by atoms with Crippen molar-refractivity contribution in [3.05, 3.63) is 65.5 Å². The van der Waals surface area contributed by atoms with Gasteiger partial charge in [-0.1, -0.05) is 30.3 Å². The molecule has 1 aliphatic heterocycles. The molecule has 2 N–H and O–H groups in total. The fourth-order valence-electron chi connectivity index (χ4n) is 3.68. The van der Waals surface area contributed by atoms with Gasteiger partial charge in [0.1, 0.15) is 11.6 Å². The van der Waals surface area contributed by atoms with Crippen LogP contribution in [0.2, 0.25) is 0 Å². The van der Waals surface area contributed by atoms with Crippen molar-refractivity contribution in [2.24, 2.45) is 4.99 Å². The molecule has 7 heteroatoms. The van der Waals surface area contributed by atoms with Crippen molar-refractivity contribution in [2.75, 3.05) is 53.0 Å². The topological polar surface area (TPSA) is 58.1 Å². The van der Waals surface area contributed by atoms with Gasteiger partial charge in [0.25, 0.3) is 0 Å². The second-order valence-electron chi connectivity index (χ2n) is 7.43. The lowest BCUT2D eigenvalue weighted by atomic mass is 10.0. The molecule has 0 spiro atoms. The van der Waals surface area contributed by atoms with E-state index in [4.69, 9.17) is 14.5 Å². The Morgan fingerprint density at radius 1 is 1.13 bits per heavy atom. The van der Waals surface area contributed by atoms with E-state index in [0.29, 0.717) is 25.1 Å². The van der Waals surface area contributed by atoms with Crippen LogP contribution in [0.25, 0.3) is 0 Å². The summed E-state index contributed by atoms with van der Waals surface area (Å²) in [6.45, 7) is 7.24. The molecule has 168 valence electrons. The Balaban J connectivity index is 1.67. The Bertz CT molecular complexity index is 823. The van der Waals surface area contributed by atoms with Crippen molar-refractivity contribution in [1.29, 1.82) is 0 Å². The fraction of sp³-hybridized carbons (Fsp3) is 0.458. The first-order valence-electron chi connectivity index (χ1n) is 10.9. The summed E-state index contributed by atoms with van der Waals surface area (Å²) in [5.74, 6) is 1.42. The number of nitrogens with one attached hydrogen (secondary N) is 2. The molecule has 1 fully saturated rings. The molecule has 0 bridgehead atoms. The van der Waals surface area contributed by atoms with Gasteiger partial charge in [-0.05, 0) is 42.7 Å². The van der Waals surface area contributed by atoms with Crippen molar-refractivity contribution in [2.45, 2.75) is 19.4 Å². The van der Waals surface area contributed by atoms with Crippen LogP contribution >= 0.6 is 0 Å². The molecule has 3 rings (SSSR count). The molecule has 0 aliphatic carbocycles. The molecule has 1 atom stereocenters. The van der Waals surface area contributed by atoms with Gasteiger partial charge in [0, 0.05) is 26.2 Å². The minimum atomic E-state index is -0.168. The quantitative estimate of drug-likeness (QED) is 0.475. The molecular weight excluding hydrogens is 395 g/mol. The Labute approximate surface area is 184 Å². The number of hydrogen-bond donors (Lipinski definition) is 2. The molecule has 1 aliphatic rings. The fourth-order valence-corrected chi connectivity index (χ4v) is 3.68. The van der Waals surface area contributed by atoms with Crippen LogP contribution in [-0.2, 0) is 11.2 Å². The summed E-state index contributed by atoms with van der Waals surface area (Å²) < 4.78 is 24.7. The molecule has 0 aromatic heterocycles. The number of ether oxygens (including phenoxy) is 2. The highest BCUT2D eigenvalue weighted by Crippen LogP contribution is 2.24.